The van der Waals surface area contributed by atoms with Crippen LogP contribution < -0.4 is 10.1 Å². The van der Waals surface area contributed by atoms with Crippen LogP contribution in [0.5, 0.6) is 5.75 Å². The number of aliphatic hydroxyl groups is 1. The molecule has 108 valence electrons. The molecule has 0 aliphatic carbocycles. The van der Waals surface area contributed by atoms with Gasteiger partial charge in [0, 0.05) is 6.54 Å². The quantitative estimate of drug-likeness (QED) is 0.815. The first-order valence-corrected chi connectivity index (χ1v) is 6.77. The smallest absolute Gasteiger partial charge is 0.125 e. The van der Waals surface area contributed by atoms with Crippen LogP contribution in [0.15, 0.2) is 41.0 Å². The van der Waals surface area contributed by atoms with Crippen molar-refractivity contribution in [2.75, 3.05) is 13.2 Å². The largest absolute Gasteiger partial charge is 0.490 e. The van der Waals surface area contributed by atoms with Crippen LogP contribution in [0.2, 0.25) is 0 Å². The third-order valence-electron chi connectivity index (χ3n) is 3.09. The summed E-state index contributed by atoms with van der Waals surface area (Å²) >= 11 is 0. The molecular formula is C16H21NO3. The first-order valence-electron chi connectivity index (χ1n) is 6.77. The van der Waals surface area contributed by atoms with E-state index in [1.807, 2.05) is 44.2 Å². The molecule has 0 aliphatic heterocycles. The van der Waals surface area contributed by atoms with Crippen molar-refractivity contribution in [3.05, 3.63) is 53.5 Å². The average Bonchev–Trinajstić information content (AvgIpc) is 2.91. The van der Waals surface area contributed by atoms with E-state index in [1.54, 1.807) is 6.26 Å². The molecule has 1 aromatic heterocycles. The molecule has 0 radical (unpaired) electrons. The Labute approximate surface area is 119 Å². The molecule has 1 unspecified atom stereocenters. The van der Waals surface area contributed by atoms with Gasteiger partial charge in [-0.2, -0.15) is 0 Å². The summed E-state index contributed by atoms with van der Waals surface area (Å²) in [6, 6.07) is 9.75. The summed E-state index contributed by atoms with van der Waals surface area (Å²) in [7, 11) is 0. The summed E-state index contributed by atoms with van der Waals surface area (Å²) in [5, 5.41) is 13.0. The lowest BCUT2D eigenvalue weighted by Crippen LogP contribution is -2.31. The van der Waals surface area contributed by atoms with Gasteiger partial charge in [-0.05, 0) is 37.1 Å². The standard InChI is InChI=1S/C16H21NO3/c1-12-5-3-6-13(2)16(12)20-11-14(18)9-17-10-15-7-4-8-19-15/h3-8,14,17-18H,9-11H2,1-2H3. The number of hydrogen-bond acceptors (Lipinski definition) is 4. The number of nitrogens with one attached hydrogen (secondary N) is 1. The van der Waals surface area contributed by atoms with E-state index in [4.69, 9.17) is 9.15 Å². The Morgan fingerprint density at radius 3 is 2.60 bits per heavy atom. The zero-order valence-corrected chi connectivity index (χ0v) is 11.9. The highest BCUT2D eigenvalue weighted by molar-refractivity contribution is 5.39. The van der Waals surface area contributed by atoms with Crippen LogP contribution in [0.4, 0.5) is 0 Å². The maximum Gasteiger partial charge on any atom is 0.125 e. The van der Waals surface area contributed by atoms with E-state index in [2.05, 4.69) is 5.32 Å². The van der Waals surface area contributed by atoms with E-state index in [9.17, 15) is 5.11 Å². The lowest BCUT2D eigenvalue weighted by Gasteiger charge is -2.15. The van der Waals surface area contributed by atoms with Gasteiger partial charge in [-0.15, -0.1) is 0 Å². The maximum absolute atomic E-state index is 9.90. The van der Waals surface area contributed by atoms with Gasteiger partial charge in [0.1, 0.15) is 24.2 Å². The molecule has 0 spiro atoms. The van der Waals surface area contributed by atoms with Gasteiger partial charge < -0.3 is 19.6 Å². The second-order valence-corrected chi connectivity index (χ2v) is 4.90. The van der Waals surface area contributed by atoms with Crippen molar-refractivity contribution < 1.29 is 14.3 Å². The Hall–Kier alpha value is -1.78. The number of hydrogen-bond donors (Lipinski definition) is 2. The van der Waals surface area contributed by atoms with Crippen LogP contribution in [0.1, 0.15) is 16.9 Å². The molecule has 20 heavy (non-hydrogen) atoms. The minimum Gasteiger partial charge on any atom is -0.490 e. The van der Waals surface area contributed by atoms with E-state index >= 15 is 0 Å². The fourth-order valence-corrected chi connectivity index (χ4v) is 2.04. The lowest BCUT2D eigenvalue weighted by atomic mass is 10.1. The van der Waals surface area contributed by atoms with Gasteiger partial charge in [0.25, 0.3) is 0 Å². The molecule has 0 saturated heterocycles. The van der Waals surface area contributed by atoms with Crippen LogP contribution >= 0.6 is 0 Å². The second-order valence-electron chi connectivity index (χ2n) is 4.90. The number of para-hydroxylation sites is 1. The number of furan rings is 1. The summed E-state index contributed by atoms with van der Waals surface area (Å²) in [5.41, 5.74) is 2.17. The first kappa shape index (κ1) is 14.6. The van der Waals surface area contributed by atoms with Gasteiger partial charge in [-0.1, -0.05) is 18.2 Å². The summed E-state index contributed by atoms with van der Waals surface area (Å²) < 4.78 is 10.9. The van der Waals surface area contributed by atoms with Gasteiger partial charge in [0.2, 0.25) is 0 Å². The summed E-state index contributed by atoms with van der Waals surface area (Å²) in [4.78, 5) is 0. The van der Waals surface area contributed by atoms with E-state index in [0.29, 0.717) is 13.1 Å². The van der Waals surface area contributed by atoms with Gasteiger partial charge in [-0.3, -0.25) is 0 Å². The highest BCUT2D eigenvalue weighted by Gasteiger charge is 2.08. The van der Waals surface area contributed by atoms with Gasteiger partial charge >= 0.3 is 0 Å². The Bertz CT molecular complexity index is 502. The Balaban J connectivity index is 1.73. The van der Waals surface area contributed by atoms with Gasteiger partial charge in [0.05, 0.1) is 12.8 Å². The topological polar surface area (TPSA) is 54.6 Å². The summed E-state index contributed by atoms with van der Waals surface area (Å²) in [5.74, 6) is 1.71. The Morgan fingerprint density at radius 1 is 1.20 bits per heavy atom. The SMILES string of the molecule is Cc1cccc(C)c1OCC(O)CNCc1ccco1. The van der Waals surface area contributed by atoms with Crippen molar-refractivity contribution in [3.63, 3.8) is 0 Å². The van der Waals surface area contributed by atoms with Gasteiger partial charge in [0.15, 0.2) is 0 Å². The van der Waals surface area contributed by atoms with Crippen LogP contribution in [0.3, 0.4) is 0 Å². The molecule has 2 rings (SSSR count). The lowest BCUT2D eigenvalue weighted by molar-refractivity contribution is 0.105. The summed E-state index contributed by atoms with van der Waals surface area (Å²) in [6.45, 7) is 5.35. The van der Waals surface area contributed by atoms with Crippen molar-refractivity contribution in [1.82, 2.24) is 5.32 Å². The van der Waals surface area contributed by atoms with Crippen molar-refractivity contribution in [3.8, 4) is 5.75 Å². The van der Waals surface area contributed by atoms with Crippen molar-refractivity contribution >= 4 is 0 Å². The number of aliphatic hydroxyl groups excluding tert-OH is 1. The minimum atomic E-state index is -0.552. The van der Waals surface area contributed by atoms with Crippen LogP contribution in [0.25, 0.3) is 0 Å². The van der Waals surface area contributed by atoms with Crippen LogP contribution in [0, 0.1) is 13.8 Å². The molecule has 1 atom stereocenters. The molecule has 0 saturated carbocycles. The van der Waals surface area contributed by atoms with Gasteiger partial charge in [-0.25, -0.2) is 0 Å². The first-order chi connectivity index (χ1) is 9.66. The molecule has 4 heteroatoms. The van der Waals surface area contributed by atoms with Crippen molar-refractivity contribution in [1.29, 1.82) is 0 Å². The minimum absolute atomic E-state index is 0.275. The average molecular weight is 275 g/mol. The molecule has 2 N–H and O–H groups in total. The highest BCUT2D eigenvalue weighted by Crippen LogP contribution is 2.22. The monoisotopic (exact) mass is 275 g/mol. The van der Waals surface area contributed by atoms with Crippen LogP contribution in [-0.4, -0.2) is 24.4 Å². The van der Waals surface area contributed by atoms with Crippen LogP contribution in [-0.2, 0) is 6.54 Å². The Kier molecular flexibility index (Phi) is 5.21. The van der Waals surface area contributed by atoms with E-state index in [0.717, 1.165) is 22.6 Å². The fourth-order valence-electron chi connectivity index (χ4n) is 2.04. The number of aryl methyl sites for hydroxylation is 2. The molecular weight excluding hydrogens is 254 g/mol. The van der Waals surface area contributed by atoms with Crippen molar-refractivity contribution in [2.24, 2.45) is 0 Å². The zero-order valence-electron chi connectivity index (χ0n) is 11.9. The predicted molar refractivity (Wildman–Crippen MR) is 77.8 cm³/mol. The molecule has 2 aromatic rings. The predicted octanol–water partition coefficient (Wildman–Crippen LogP) is 2.43. The molecule has 0 bridgehead atoms. The van der Waals surface area contributed by atoms with Crippen molar-refractivity contribution in [2.45, 2.75) is 26.5 Å². The maximum atomic E-state index is 9.90. The van der Waals surface area contributed by atoms with E-state index < -0.39 is 6.10 Å². The summed E-state index contributed by atoms with van der Waals surface area (Å²) in [6.07, 6.45) is 1.08. The fraction of sp³-hybridized carbons (Fsp3) is 0.375. The zero-order chi connectivity index (χ0) is 14.4. The number of benzene rings is 1. The second kappa shape index (κ2) is 7.12. The molecule has 1 aromatic carbocycles. The number of rotatable bonds is 7. The number of ether oxygens (including phenoxy) is 1. The van der Waals surface area contributed by atoms with E-state index in [-0.39, 0.29) is 6.61 Å². The molecule has 0 fully saturated rings. The molecule has 0 aliphatic rings. The third kappa shape index (κ3) is 4.11. The molecule has 4 nitrogen and oxygen atoms in total. The highest BCUT2D eigenvalue weighted by atomic mass is 16.5. The third-order valence-corrected chi connectivity index (χ3v) is 3.09. The molecule has 1 heterocycles. The Morgan fingerprint density at radius 2 is 1.95 bits per heavy atom. The van der Waals surface area contributed by atoms with E-state index in [1.165, 1.54) is 0 Å². The normalized spacial score (nSPS) is 12.3. The molecule has 0 amide bonds.